The highest BCUT2D eigenvalue weighted by Gasteiger charge is 2.14. The molecular weight excluding hydrogens is 168 g/mol. The number of oxazole rings is 1. The Kier molecular flexibility index (Phi) is 3.06. The summed E-state index contributed by atoms with van der Waals surface area (Å²) in [6.07, 6.45) is 0.915. The summed E-state index contributed by atoms with van der Waals surface area (Å²) in [7, 11) is 0. The van der Waals surface area contributed by atoms with Gasteiger partial charge in [0.2, 0.25) is 5.76 Å². The van der Waals surface area contributed by atoms with Crippen LogP contribution in [0.4, 0.5) is 0 Å². The zero-order valence-corrected chi connectivity index (χ0v) is 8.18. The first kappa shape index (κ1) is 9.77. The number of hydrogen-bond donors (Lipinski definition) is 1. The lowest BCUT2D eigenvalue weighted by atomic mass is 10.3. The molecule has 0 fully saturated rings. The van der Waals surface area contributed by atoms with Gasteiger partial charge in [-0.3, -0.25) is 4.79 Å². The predicted octanol–water partition coefficient (Wildman–Crippen LogP) is 1.43. The molecule has 72 valence electrons. The van der Waals surface area contributed by atoms with Crippen molar-refractivity contribution in [1.82, 2.24) is 10.3 Å². The van der Waals surface area contributed by atoms with E-state index in [1.165, 1.54) is 0 Å². The summed E-state index contributed by atoms with van der Waals surface area (Å²) in [5.74, 6) is 0.671. The van der Waals surface area contributed by atoms with Gasteiger partial charge in [0.05, 0.1) is 5.69 Å². The van der Waals surface area contributed by atoms with Crippen molar-refractivity contribution in [3.63, 3.8) is 0 Å². The van der Waals surface area contributed by atoms with E-state index in [0.717, 1.165) is 6.42 Å². The van der Waals surface area contributed by atoms with Gasteiger partial charge in [-0.15, -0.1) is 0 Å². The van der Waals surface area contributed by atoms with Gasteiger partial charge in [0.1, 0.15) is 0 Å². The Morgan fingerprint density at radius 3 is 2.69 bits per heavy atom. The predicted molar refractivity (Wildman–Crippen MR) is 48.6 cm³/mol. The Labute approximate surface area is 77.3 Å². The maximum absolute atomic E-state index is 11.4. The summed E-state index contributed by atoms with van der Waals surface area (Å²) < 4.78 is 5.15. The number of hydrogen-bond acceptors (Lipinski definition) is 3. The number of carbonyl (C=O) groups excluding carboxylic acids is 1. The third kappa shape index (κ3) is 2.31. The van der Waals surface area contributed by atoms with Gasteiger partial charge in [-0.25, -0.2) is 4.98 Å². The Balaban J connectivity index is 2.70. The number of nitrogens with one attached hydrogen (secondary N) is 1. The number of aryl methyl sites for hydroxylation is 2. The van der Waals surface area contributed by atoms with Gasteiger partial charge in [-0.05, 0) is 13.3 Å². The van der Waals surface area contributed by atoms with E-state index in [2.05, 4.69) is 10.3 Å². The van der Waals surface area contributed by atoms with Crippen LogP contribution in [0.1, 0.15) is 35.5 Å². The summed E-state index contributed by atoms with van der Waals surface area (Å²) in [6, 6.07) is 0. The monoisotopic (exact) mass is 182 g/mol. The van der Waals surface area contributed by atoms with Crippen LogP contribution in [0.3, 0.4) is 0 Å². The number of nitrogens with zero attached hydrogens (tertiary/aromatic N) is 1. The zero-order valence-electron chi connectivity index (χ0n) is 8.18. The second-order valence-electron chi connectivity index (χ2n) is 2.90. The minimum absolute atomic E-state index is 0.181. The quantitative estimate of drug-likeness (QED) is 0.769. The second-order valence-corrected chi connectivity index (χ2v) is 2.90. The third-order valence-electron chi connectivity index (χ3n) is 1.65. The molecular formula is C9H14N2O2. The van der Waals surface area contributed by atoms with E-state index in [1.807, 2.05) is 6.92 Å². The normalized spacial score (nSPS) is 10.1. The highest BCUT2D eigenvalue weighted by molar-refractivity contribution is 5.92. The topological polar surface area (TPSA) is 55.1 Å². The molecule has 0 aromatic carbocycles. The number of amides is 1. The van der Waals surface area contributed by atoms with Crippen LogP contribution in [0, 0.1) is 13.8 Å². The largest absolute Gasteiger partial charge is 0.436 e. The second kappa shape index (κ2) is 4.07. The van der Waals surface area contributed by atoms with E-state index >= 15 is 0 Å². The van der Waals surface area contributed by atoms with Crippen LogP contribution in [0.5, 0.6) is 0 Å². The molecule has 0 aliphatic carbocycles. The Morgan fingerprint density at radius 2 is 2.23 bits per heavy atom. The molecule has 4 heteroatoms. The van der Waals surface area contributed by atoms with Crippen LogP contribution in [0.15, 0.2) is 4.42 Å². The molecule has 0 radical (unpaired) electrons. The van der Waals surface area contributed by atoms with E-state index in [0.29, 0.717) is 23.9 Å². The van der Waals surface area contributed by atoms with Crippen LogP contribution < -0.4 is 5.32 Å². The van der Waals surface area contributed by atoms with Crippen molar-refractivity contribution in [2.75, 3.05) is 6.54 Å². The van der Waals surface area contributed by atoms with Crippen molar-refractivity contribution < 1.29 is 9.21 Å². The lowest BCUT2D eigenvalue weighted by Crippen LogP contribution is -2.24. The smallest absolute Gasteiger partial charge is 0.289 e. The summed E-state index contributed by atoms with van der Waals surface area (Å²) in [5, 5.41) is 2.73. The molecule has 0 saturated carbocycles. The molecule has 0 saturated heterocycles. The van der Waals surface area contributed by atoms with Crippen LogP contribution in [-0.4, -0.2) is 17.4 Å². The number of aromatic nitrogens is 1. The molecule has 1 aromatic heterocycles. The molecule has 1 aromatic rings. The minimum Gasteiger partial charge on any atom is -0.436 e. The molecule has 0 aliphatic heterocycles. The molecule has 0 atom stereocenters. The van der Waals surface area contributed by atoms with Crippen molar-refractivity contribution >= 4 is 5.91 Å². The van der Waals surface area contributed by atoms with Gasteiger partial charge in [0.25, 0.3) is 5.91 Å². The Hall–Kier alpha value is -1.32. The molecule has 0 bridgehead atoms. The van der Waals surface area contributed by atoms with Gasteiger partial charge < -0.3 is 9.73 Å². The molecule has 1 heterocycles. The first-order valence-electron chi connectivity index (χ1n) is 4.37. The van der Waals surface area contributed by atoms with E-state index < -0.39 is 0 Å². The molecule has 1 N–H and O–H groups in total. The van der Waals surface area contributed by atoms with Crippen LogP contribution in [0.2, 0.25) is 0 Å². The van der Waals surface area contributed by atoms with E-state index in [4.69, 9.17) is 4.42 Å². The molecule has 0 spiro atoms. The first-order valence-corrected chi connectivity index (χ1v) is 4.37. The SMILES string of the molecule is CCCNC(=O)c1oc(C)nc1C. The highest BCUT2D eigenvalue weighted by Crippen LogP contribution is 2.08. The van der Waals surface area contributed by atoms with Crippen LogP contribution in [0.25, 0.3) is 0 Å². The molecule has 0 aliphatic rings. The van der Waals surface area contributed by atoms with Gasteiger partial charge in [-0.2, -0.15) is 0 Å². The Morgan fingerprint density at radius 1 is 1.54 bits per heavy atom. The molecule has 13 heavy (non-hydrogen) atoms. The zero-order chi connectivity index (χ0) is 9.84. The highest BCUT2D eigenvalue weighted by atomic mass is 16.4. The number of carbonyl (C=O) groups is 1. The van der Waals surface area contributed by atoms with Gasteiger partial charge in [0.15, 0.2) is 5.89 Å². The van der Waals surface area contributed by atoms with Crippen molar-refractivity contribution in [3.05, 3.63) is 17.3 Å². The fourth-order valence-electron chi connectivity index (χ4n) is 1.06. The van der Waals surface area contributed by atoms with Crippen molar-refractivity contribution in [3.8, 4) is 0 Å². The Bertz CT molecular complexity index is 305. The van der Waals surface area contributed by atoms with Gasteiger partial charge in [-0.1, -0.05) is 6.92 Å². The van der Waals surface area contributed by atoms with Gasteiger partial charge in [0, 0.05) is 13.5 Å². The minimum atomic E-state index is -0.181. The molecule has 1 amide bonds. The maximum Gasteiger partial charge on any atom is 0.289 e. The van der Waals surface area contributed by atoms with Crippen molar-refractivity contribution in [1.29, 1.82) is 0 Å². The van der Waals surface area contributed by atoms with E-state index in [9.17, 15) is 4.79 Å². The van der Waals surface area contributed by atoms with E-state index in [-0.39, 0.29) is 5.91 Å². The molecule has 4 nitrogen and oxygen atoms in total. The lowest BCUT2D eigenvalue weighted by molar-refractivity contribution is 0.0924. The van der Waals surface area contributed by atoms with Crippen LogP contribution in [-0.2, 0) is 0 Å². The lowest BCUT2D eigenvalue weighted by Gasteiger charge is -1.99. The van der Waals surface area contributed by atoms with Crippen molar-refractivity contribution in [2.45, 2.75) is 27.2 Å². The number of rotatable bonds is 3. The fourth-order valence-corrected chi connectivity index (χ4v) is 1.06. The molecule has 0 unspecified atom stereocenters. The summed E-state index contributed by atoms with van der Waals surface area (Å²) in [5.41, 5.74) is 0.645. The van der Waals surface area contributed by atoms with Crippen molar-refractivity contribution in [2.24, 2.45) is 0 Å². The van der Waals surface area contributed by atoms with Gasteiger partial charge >= 0.3 is 0 Å². The summed E-state index contributed by atoms with van der Waals surface area (Å²) >= 11 is 0. The standard InChI is InChI=1S/C9H14N2O2/c1-4-5-10-9(12)8-6(2)11-7(3)13-8/h4-5H2,1-3H3,(H,10,12). The van der Waals surface area contributed by atoms with E-state index in [1.54, 1.807) is 13.8 Å². The molecule has 1 rings (SSSR count). The summed E-state index contributed by atoms with van der Waals surface area (Å²) in [4.78, 5) is 15.4. The fraction of sp³-hybridized carbons (Fsp3) is 0.556. The third-order valence-corrected chi connectivity index (χ3v) is 1.65. The van der Waals surface area contributed by atoms with Crippen LogP contribution >= 0.6 is 0 Å². The maximum atomic E-state index is 11.4. The average Bonchev–Trinajstić information content (AvgIpc) is 2.41. The summed E-state index contributed by atoms with van der Waals surface area (Å²) in [6.45, 7) is 6.15. The average molecular weight is 182 g/mol. The first-order chi connectivity index (χ1) is 6.15.